The van der Waals surface area contributed by atoms with E-state index in [1.807, 2.05) is 0 Å². The zero-order chi connectivity index (χ0) is 14.6. The fraction of sp³-hybridized carbons (Fsp3) is 0.583. The molecule has 0 bridgehead atoms. The Morgan fingerprint density at radius 1 is 1.42 bits per heavy atom. The van der Waals surface area contributed by atoms with Crippen LogP contribution in [0.15, 0.2) is 6.07 Å². The number of aliphatic hydroxyl groups excluding tert-OH is 4. The number of aromatic amines is 1. The van der Waals surface area contributed by atoms with E-state index in [-0.39, 0.29) is 17.9 Å². The quantitative estimate of drug-likeness (QED) is 0.434. The van der Waals surface area contributed by atoms with Crippen LogP contribution in [-0.2, 0) is 4.74 Å². The zero-order valence-electron chi connectivity index (χ0n) is 10.8. The van der Waals surface area contributed by atoms with Crippen molar-refractivity contribution in [2.45, 2.75) is 32.2 Å². The number of hydrogen-bond acceptors (Lipinski definition) is 6. The van der Waals surface area contributed by atoms with Crippen molar-refractivity contribution in [3.05, 3.63) is 23.0 Å². The minimum Gasteiger partial charge on any atom is -0.462 e. The predicted molar refractivity (Wildman–Crippen MR) is 65.5 cm³/mol. The van der Waals surface area contributed by atoms with Gasteiger partial charge >= 0.3 is 5.97 Å². The topological polar surface area (TPSA) is 123 Å². The van der Waals surface area contributed by atoms with Crippen LogP contribution in [-0.4, -0.2) is 56.8 Å². The lowest BCUT2D eigenvalue weighted by Crippen LogP contribution is -2.34. The van der Waals surface area contributed by atoms with E-state index in [1.165, 1.54) is 6.07 Å². The molecule has 1 heterocycles. The van der Waals surface area contributed by atoms with E-state index in [0.29, 0.717) is 5.69 Å². The molecule has 108 valence electrons. The summed E-state index contributed by atoms with van der Waals surface area (Å²) in [5.74, 6) is -0.535. The molecule has 19 heavy (non-hydrogen) atoms. The SMILES string of the molecule is CCOC(=O)c1cc(C(O)C(O)C(O)CO)[nH]c1C. The van der Waals surface area contributed by atoms with Crippen LogP contribution in [0.3, 0.4) is 0 Å². The number of nitrogens with one attached hydrogen (secondary N) is 1. The Balaban J connectivity index is 2.91. The lowest BCUT2D eigenvalue weighted by molar-refractivity contribution is -0.0788. The number of rotatable bonds is 6. The van der Waals surface area contributed by atoms with Gasteiger partial charge in [0, 0.05) is 11.4 Å². The highest BCUT2D eigenvalue weighted by Gasteiger charge is 2.28. The van der Waals surface area contributed by atoms with Gasteiger partial charge in [0.15, 0.2) is 0 Å². The maximum absolute atomic E-state index is 11.6. The number of hydrogen-bond donors (Lipinski definition) is 5. The van der Waals surface area contributed by atoms with Gasteiger partial charge in [-0.25, -0.2) is 4.79 Å². The highest BCUT2D eigenvalue weighted by Crippen LogP contribution is 2.22. The lowest BCUT2D eigenvalue weighted by Gasteiger charge is -2.20. The second kappa shape index (κ2) is 6.67. The summed E-state index contributed by atoms with van der Waals surface area (Å²) in [6.45, 7) is 2.85. The van der Waals surface area contributed by atoms with Gasteiger partial charge in [-0.15, -0.1) is 0 Å². The Kier molecular flexibility index (Phi) is 5.49. The molecule has 0 aliphatic rings. The standard InChI is InChI=1S/C12H19NO6/c1-3-19-12(18)7-4-8(13-6(7)2)10(16)11(17)9(15)5-14/h4,9-11,13-17H,3,5H2,1-2H3. The van der Waals surface area contributed by atoms with Crippen molar-refractivity contribution in [2.75, 3.05) is 13.2 Å². The number of H-pyrrole nitrogens is 1. The normalized spacial score (nSPS) is 15.9. The molecule has 1 rings (SSSR count). The summed E-state index contributed by atoms with van der Waals surface area (Å²) in [5, 5.41) is 37.4. The number of carbonyl (C=O) groups is 1. The van der Waals surface area contributed by atoms with E-state index in [0.717, 1.165) is 0 Å². The first kappa shape index (κ1) is 15.6. The monoisotopic (exact) mass is 273 g/mol. The molecule has 1 aromatic rings. The molecule has 5 N–H and O–H groups in total. The first-order valence-corrected chi connectivity index (χ1v) is 5.94. The molecule has 0 amide bonds. The van der Waals surface area contributed by atoms with Crippen LogP contribution in [0.25, 0.3) is 0 Å². The Labute approximate surface area is 110 Å². The Hall–Kier alpha value is -1.41. The van der Waals surface area contributed by atoms with Gasteiger partial charge in [0.05, 0.1) is 18.8 Å². The average Bonchev–Trinajstić information content (AvgIpc) is 2.78. The van der Waals surface area contributed by atoms with E-state index in [4.69, 9.17) is 9.84 Å². The summed E-state index contributed by atoms with van der Waals surface area (Å²) in [5.41, 5.74) is 0.903. The molecular weight excluding hydrogens is 254 g/mol. The lowest BCUT2D eigenvalue weighted by atomic mass is 10.1. The summed E-state index contributed by atoms with van der Waals surface area (Å²) in [6.07, 6.45) is -4.47. The number of esters is 1. The van der Waals surface area contributed by atoms with Crippen LogP contribution in [0.5, 0.6) is 0 Å². The molecule has 0 saturated carbocycles. The maximum atomic E-state index is 11.6. The summed E-state index contributed by atoms with van der Waals surface area (Å²) in [4.78, 5) is 14.3. The van der Waals surface area contributed by atoms with Crippen LogP contribution in [0.4, 0.5) is 0 Å². The van der Waals surface area contributed by atoms with Crippen molar-refractivity contribution >= 4 is 5.97 Å². The molecule has 3 atom stereocenters. The van der Waals surface area contributed by atoms with Crippen molar-refractivity contribution in [1.29, 1.82) is 0 Å². The zero-order valence-corrected chi connectivity index (χ0v) is 10.8. The molecule has 3 unspecified atom stereocenters. The van der Waals surface area contributed by atoms with Gasteiger partial charge in [-0.3, -0.25) is 0 Å². The Morgan fingerprint density at radius 2 is 2.05 bits per heavy atom. The maximum Gasteiger partial charge on any atom is 0.339 e. The minimum absolute atomic E-state index is 0.167. The largest absolute Gasteiger partial charge is 0.462 e. The molecule has 0 aliphatic carbocycles. The van der Waals surface area contributed by atoms with E-state index < -0.39 is 30.9 Å². The minimum atomic E-state index is -1.56. The third kappa shape index (κ3) is 3.54. The summed E-state index contributed by atoms with van der Waals surface area (Å²) in [7, 11) is 0. The van der Waals surface area contributed by atoms with Crippen LogP contribution >= 0.6 is 0 Å². The molecule has 0 saturated heterocycles. The molecule has 0 aromatic carbocycles. The van der Waals surface area contributed by atoms with Crippen molar-refractivity contribution < 1.29 is 30.0 Å². The second-order valence-electron chi connectivity index (χ2n) is 4.17. The highest BCUT2D eigenvalue weighted by atomic mass is 16.5. The van der Waals surface area contributed by atoms with Crippen molar-refractivity contribution in [1.82, 2.24) is 4.98 Å². The molecule has 1 aromatic heterocycles. The molecule has 0 aliphatic heterocycles. The molecule has 7 nitrogen and oxygen atoms in total. The van der Waals surface area contributed by atoms with Crippen LogP contribution in [0.1, 0.15) is 34.8 Å². The smallest absolute Gasteiger partial charge is 0.339 e. The summed E-state index contributed by atoms with van der Waals surface area (Å²) >= 11 is 0. The van der Waals surface area contributed by atoms with Gasteiger partial charge in [0.1, 0.15) is 18.3 Å². The predicted octanol–water partition coefficient (Wildman–Crippen LogP) is -0.753. The first-order chi connectivity index (χ1) is 8.92. The number of carbonyl (C=O) groups excluding carboxylic acids is 1. The number of ether oxygens (including phenoxy) is 1. The first-order valence-electron chi connectivity index (χ1n) is 5.94. The van der Waals surface area contributed by atoms with Gasteiger partial charge < -0.3 is 30.1 Å². The fourth-order valence-corrected chi connectivity index (χ4v) is 1.67. The Morgan fingerprint density at radius 3 is 2.58 bits per heavy atom. The summed E-state index contributed by atoms with van der Waals surface area (Å²) in [6, 6.07) is 1.35. The molecule has 0 spiro atoms. The Bertz CT molecular complexity index is 430. The molecule has 7 heteroatoms. The molecule has 0 fully saturated rings. The number of aromatic nitrogens is 1. The highest BCUT2D eigenvalue weighted by molar-refractivity contribution is 5.91. The van der Waals surface area contributed by atoms with Crippen LogP contribution in [0, 0.1) is 6.92 Å². The van der Waals surface area contributed by atoms with Gasteiger partial charge in [0.2, 0.25) is 0 Å². The van der Waals surface area contributed by atoms with Crippen LogP contribution < -0.4 is 0 Å². The van der Waals surface area contributed by atoms with Crippen molar-refractivity contribution in [3.63, 3.8) is 0 Å². The molecule has 0 radical (unpaired) electrons. The fourth-order valence-electron chi connectivity index (χ4n) is 1.67. The third-order valence-electron chi connectivity index (χ3n) is 2.75. The molecular formula is C12H19NO6. The van der Waals surface area contributed by atoms with Crippen LogP contribution in [0.2, 0.25) is 0 Å². The van der Waals surface area contributed by atoms with E-state index in [2.05, 4.69) is 4.98 Å². The second-order valence-corrected chi connectivity index (χ2v) is 4.17. The van der Waals surface area contributed by atoms with Crippen molar-refractivity contribution in [2.24, 2.45) is 0 Å². The third-order valence-corrected chi connectivity index (χ3v) is 2.75. The number of aryl methyl sites for hydroxylation is 1. The van der Waals surface area contributed by atoms with E-state index in [1.54, 1.807) is 13.8 Å². The van der Waals surface area contributed by atoms with E-state index in [9.17, 15) is 20.1 Å². The number of aliphatic hydroxyl groups is 4. The van der Waals surface area contributed by atoms with Gasteiger partial charge in [-0.2, -0.15) is 0 Å². The van der Waals surface area contributed by atoms with Gasteiger partial charge in [-0.1, -0.05) is 0 Å². The van der Waals surface area contributed by atoms with E-state index >= 15 is 0 Å². The summed E-state index contributed by atoms with van der Waals surface area (Å²) < 4.78 is 4.84. The van der Waals surface area contributed by atoms with Gasteiger partial charge in [-0.05, 0) is 19.9 Å². The van der Waals surface area contributed by atoms with Gasteiger partial charge in [0.25, 0.3) is 0 Å². The van der Waals surface area contributed by atoms with Crippen molar-refractivity contribution in [3.8, 4) is 0 Å². The average molecular weight is 273 g/mol.